The van der Waals surface area contributed by atoms with E-state index in [4.69, 9.17) is 0 Å². The molecule has 0 saturated heterocycles. The number of hydrogen-bond acceptors (Lipinski definition) is 4. The number of phenolic OH excluding ortho intramolecular Hbond substituents is 1. The van der Waals surface area contributed by atoms with Gasteiger partial charge in [0.15, 0.2) is 0 Å². The van der Waals surface area contributed by atoms with Crippen molar-refractivity contribution in [2.75, 3.05) is 5.32 Å². The van der Waals surface area contributed by atoms with Gasteiger partial charge in [-0.05, 0) is 26.0 Å². The standard InChI is InChI=1S/C15H16N2O3/c1-10-3-6-15(18)12(7-10)9-16-13-5-4-11(2)14(8-13)17(19)20/h3-8,16,18H,9H2,1-2H3. The first-order valence-electron chi connectivity index (χ1n) is 6.25. The summed E-state index contributed by atoms with van der Waals surface area (Å²) in [6.45, 7) is 4.06. The maximum absolute atomic E-state index is 10.9. The fourth-order valence-electron chi connectivity index (χ4n) is 1.97. The van der Waals surface area contributed by atoms with Gasteiger partial charge in [-0.25, -0.2) is 0 Å². The van der Waals surface area contributed by atoms with E-state index >= 15 is 0 Å². The summed E-state index contributed by atoms with van der Waals surface area (Å²) in [5.74, 6) is 0.213. The smallest absolute Gasteiger partial charge is 0.274 e. The highest BCUT2D eigenvalue weighted by atomic mass is 16.6. The second-order valence-corrected chi connectivity index (χ2v) is 4.74. The molecule has 0 aromatic heterocycles. The minimum absolute atomic E-state index is 0.0865. The van der Waals surface area contributed by atoms with Crippen molar-refractivity contribution in [2.45, 2.75) is 20.4 Å². The minimum atomic E-state index is -0.398. The van der Waals surface area contributed by atoms with Crippen LogP contribution in [0.2, 0.25) is 0 Å². The molecule has 0 amide bonds. The van der Waals surface area contributed by atoms with Crippen LogP contribution < -0.4 is 5.32 Å². The Kier molecular flexibility index (Phi) is 3.89. The molecular weight excluding hydrogens is 256 g/mol. The van der Waals surface area contributed by atoms with Crippen LogP contribution in [0.15, 0.2) is 36.4 Å². The van der Waals surface area contributed by atoms with E-state index in [0.717, 1.165) is 11.1 Å². The highest BCUT2D eigenvalue weighted by molar-refractivity contribution is 5.55. The van der Waals surface area contributed by atoms with Gasteiger partial charge < -0.3 is 10.4 Å². The number of benzene rings is 2. The van der Waals surface area contributed by atoms with Crippen LogP contribution in [-0.4, -0.2) is 10.0 Å². The van der Waals surface area contributed by atoms with Crippen LogP contribution in [0.1, 0.15) is 16.7 Å². The molecule has 0 radical (unpaired) electrons. The van der Waals surface area contributed by atoms with E-state index in [2.05, 4.69) is 5.32 Å². The minimum Gasteiger partial charge on any atom is -0.508 e. The second-order valence-electron chi connectivity index (χ2n) is 4.74. The Morgan fingerprint density at radius 1 is 1.20 bits per heavy atom. The number of phenols is 1. The van der Waals surface area contributed by atoms with Crippen molar-refractivity contribution in [1.82, 2.24) is 0 Å². The molecule has 5 nitrogen and oxygen atoms in total. The van der Waals surface area contributed by atoms with Crippen LogP contribution in [0.4, 0.5) is 11.4 Å². The summed E-state index contributed by atoms with van der Waals surface area (Å²) in [6.07, 6.45) is 0. The number of nitrogens with one attached hydrogen (secondary N) is 1. The molecule has 0 aliphatic heterocycles. The molecule has 2 aromatic carbocycles. The maximum atomic E-state index is 10.9. The summed E-state index contributed by atoms with van der Waals surface area (Å²) in [7, 11) is 0. The Morgan fingerprint density at radius 2 is 1.95 bits per heavy atom. The molecule has 2 N–H and O–H groups in total. The SMILES string of the molecule is Cc1ccc(O)c(CNc2ccc(C)c([N+](=O)[O-])c2)c1. The molecule has 0 bridgehead atoms. The summed E-state index contributed by atoms with van der Waals surface area (Å²) >= 11 is 0. The van der Waals surface area contributed by atoms with Gasteiger partial charge in [0.1, 0.15) is 5.75 Å². The zero-order valence-corrected chi connectivity index (χ0v) is 11.4. The number of anilines is 1. The van der Waals surface area contributed by atoms with E-state index in [-0.39, 0.29) is 11.4 Å². The Labute approximate surface area is 117 Å². The van der Waals surface area contributed by atoms with Crippen LogP contribution in [0, 0.1) is 24.0 Å². The summed E-state index contributed by atoms with van der Waals surface area (Å²) in [5, 5.41) is 23.7. The first-order chi connectivity index (χ1) is 9.47. The predicted octanol–water partition coefficient (Wildman–Crippen LogP) is 3.53. The van der Waals surface area contributed by atoms with Crippen molar-refractivity contribution in [1.29, 1.82) is 0 Å². The Balaban J connectivity index is 2.17. The lowest BCUT2D eigenvalue weighted by molar-refractivity contribution is -0.385. The number of nitro groups is 1. The van der Waals surface area contributed by atoms with Gasteiger partial charge in [-0.1, -0.05) is 23.8 Å². The molecule has 0 heterocycles. The third-order valence-electron chi connectivity index (χ3n) is 3.12. The van der Waals surface area contributed by atoms with Crippen molar-refractivity contribution in [2.24, 2.45) is 0 Å². The lowest BCUT2D eigenvalue weighted by atomic mass is 10.1. The fraction of sp³-hybridized carbons (Fsp3) is 0.200. The average Bonchev–Trinajstić information content (AvgIpc) is 2.41. The third-order valence-corrected chi connectivity index (χ3v) is 3.12. The zero-order chi connectivity index (χ0) is 14.7. The Bertz CT molecular complexity index is 654. The molecule has 0 aliphatic carbocycles. The van der Waals surface area contributed by atoms with Crippen LogP contribution in [0.5, 0.6) is 5.75 Å². The molecule has 104 valence electrons. The maximum Gasteiger partial charge on any atom is 0.274 e. The number of aromatic hydroxyl groups is 1. The lowest BCUT2D eigenvalue weighted by Gasteiger charge is -2.09. The van der Waals surface area contributed by atoms with Gasteiger partial charge in [0.05, 0.1) is 4.92 Å². The van der Waals surface area contributed by atoms with Crippen LogP contribution in [0.3, 0.4) is 0 Å². The molecule has 5 heteroatoms. The largest absolute Gasteiger partial charge is 0.508 e. The van der Waals surface area contributed by atoms with Gasteiger partial charge in [0.2, 0.25) is 0 Å². The number of hydrogen-bond donors (Lipinski definition) is 2. The predicted molar refractivity (Wildman–Crippen MR) is 78.0 cm³/mol. The molecule has 0 fully saturated rings. The molecule has 0 aliphatic rings. The summed E-state index contributed by atoms with van der Waals surface area (Å²) in [4.78, 5) is 10.5. The topological polar surface area (TPSA) is 75.4 Å². The Morgan fingerprint density at radius 3 is 2.65 bits per heavy atom. The molecule has 0 spiro atoms. The number of aryl methyl sites for hydroxylation is 2. The molecule has 0 saturated carbocycles. The van der Waals surface area contributed by atoms with Crippen molar-refractivity contribution in [3.63, 3.8) is 0 Å². The quantitative estimate of drug-likeness (QED) is 0.659. The highest BCUT2D eigenvalue weighted by Crippen LogP contribution is 2.24. The van der Waals surface area contributed by atoms with Crippen molar-refractivity contribution < 1.29 is 10.0 Å². The highest BCUT2D eigenvalue weighted by Gasteiger charge is 2.11. The monoisotopic (exact) mass is 272 g/mol. The van der Waals surface area contributed by atoms with Crippen LogP contribution in [0.25, 0.3) is 0 Å². The van der Waals surface area contributed by atoms with Crippen molar-refractivity contribution in [3.8, 4) is 5.75 Å². The van der Waals surface area contributed by atoms with Gasteiger partial charge in [-0.2, -0.15) is 0 Å². The number of nitro benzene ring substituents is 1. The lowest BCUT2D eigenvalue weighted by Crippen LogP contribution is -2.01. The summed E-state index contributed by atoms with van der Waals surface area (Å²) in [6, 6.07) is 10.3. The molecule has 20 heavy (non-hydrogen) atoms. The zero-order valence-electron chi connectivity index (χ0n) is 11.4. The van der Waals surface area contributed by atoms with E-state index in [9.17, 15) is 15.2 Å². The number of nitrogens with zero attached hydrogens (tertiary/aromatic N) is 1. The Hall–Kier alpha value is -2.56. The average molecular weight is 272 g/mol. The molecule has 0 atom stereocenters. The van der Waals surface area contributed by atoms with Gasteiger partial charge in [-0.15, -0.1) is 0 Å². The fourth-order valence-corrected chi connectivity index (χ4v) is 1.97. The van der Waals surface area contributed by atoms with Gasteiger partial charge >= 0.3 is 0 Å². The molecule has 2 aromatic rings. The number of rotatable bonds is 4. The molecule has 0 unspecified atom stereocenters. The van der Waals surface area contributed by atoms with Gasteiger partial charge in [0, 0.05) is 29.4 Å². The van der Waals surface area contributed by atoms with Gasteiger partial charge in [-0.3, -0.25) is 10.1 Å². The second kappa shape index (κ2) is 5.61. The van der Waals surface area contributed by atoms with Crippen LogP contribution in [-0.2, 0) is 6.54 Å². The van der Waals surface area contributed by atoms with E-state index in [1.54, 1.807) is 25.1 Å². The van der Waals surface area contributed by atoms with Gasteiger partial charge in [0.25, 0.3) is 5.69 Å². The van der Waals surface area contributed by atoms with Crippen LogP contribution >= 0.6 is 0 Å². The van der Waals surface area contributed by atoms with E-state index in [0.29, 0.717) is 17.8 Å². The first kappa shape index (κ1) is 13.9. The molecular formula is C15H16N2O3. The van der Waals surface area contributed by atoms with E-state index in [1.165, 1.54) is 6.07 Å². The van der Waals surface area contributed by atoms with Crippen molar-refractivity contribution >= 4 is 11.4 Å². The summed E-state index contributed by atoms with van der Waals surface area (Å²) in [5.41, 5.74) is 3.17. The first-order valence-corrected chi connectivity index (χ1v) is 6.25. The van der Waals surface area contributed by atoms with E-state index < -0.39 is 4.92 Å². The third kappa shape index (κ3) is 3.06. The molecule has 2 rings (SSSR count). The van der Waals surface area contributed by atoms with Crippen molar-refractivity contribution in [3.05, 3.63) is 63.2 Å². The summed E-state index contributed by atoms with van der Waals surface area (Å²) < 4.78 is 0. The normalized spacial score (nSPS) is 10.3. The van der Waals surface area contributed by atoms with E-state index in [1.807, 2.05) is 19.1 Å².